The summed E-state index contributed by atoms with van der Waals surface area (Å²) < 4.78 is 16.7. The highest BCUT2D eigenvalue weighted by molar-refractivity contribution is 5.71. The summed E-state index contributed by atoms with van der Waals surface area (Å²) >= 11 is 0. The Kier molecular flexibility index (Phi) is 9.12. The molecule has 0 aromatic carbocycles. The number of nitrogens with zero attached hydrogens (tertiary/aromatic N) is 3. The number of ether oxygens (including phenoxy) is 3. The normalized spacial score (nSPS) is 31.3. The van der Waals surface area contributed by atoms with Gasteiger partial charge in [-0.1, -0.05) is 6.92 Å². The van der Waals surface area contributed by atoms with Crippen LogP contribution >= 0.6 is 0 Å². The average molecular weight is 468 g/mol. The first-order valence-corrected chi connectivity index (χ1v) is 12.4. The molecule has 6 atom stereocenters. The fourth-order valence-corrected chi connectivity index (χ4v) is 3.86. The molecule has 33 heavy (non-hydrogen) atoms. The predicted octanol–water partition coefficient (Wildman–Crippen LogP) is 1.30. The summed E-state index contributed by atoms with van der Waals surface area (Å²) in [6.45, 7) is 13.6. The predicted molar refractivity (Wildman–Crippen MR) is 123 cm³/mol. The number of rotatable bonds is 16. The van der Waals surface area contributed by atoms with Crippen molar-refractivity contribution in [3.8, 4) is 0 Å². The van der Waals surface area contributed by atoms with Crippen LogP contribution in [0, 0.1) is 5.41 Å². The van der Waals surface area contributed by atoms with Crippen LogP contribution in [-0.4, -0.2) is 110 Å². The lowest BCUT2D eigenvalue weighted by atomic mass is 9.88. The van der Waals surface area contributed by atoms with E-state index in [0.29, 0.717) is 63.4 Å². The van der Waals surface area contributed by atoms with Gasteiger partial charge in [0.05, 0.1) is 24.7 Å². The Morgan fingerprint density at radius 3 is 1.15 bits per heavy atom. The first-order chi connectivity index (χ1) is 15.7. The van der Waals surface area contributed by atoms with Gasteiger partial charge in [-0.2, -0.15) is 0 Å². The van der Waals surface area contributed by atoms with E-state index >= 15 is 0 Å². The Morgan fingerprint density at radius 2 is 0.939 bits per heavy atom. The van der Waals surface area contributed by atoms with Crippen LogP contribution in [0.3, 0.4) is 0 Å². The minimum absolute atomic E-state index is 0.0603. The molecule has 3 aliphatic heterocycles. The molecule has 9 nitrogen and oxygen atoms in total. The van der Waals surface area contributed by atoms with E-state index in [0.717, 1.165) is 19.6 Å². The van der Waals surface area contributed by atoms with Gasteiger partial charge in [0, 0.05) is 57.4 Å². The van der Waals surface area contributed by atoms with E-state index in [4.69, 9.17) is 14.2 Å². The van der Waals surface area contributed by atoms with Gasteiger partial charge < -0.3 is 14.2 Å². The Bertz CT molecular complexity index is 613. The molecular weight excluding hydrogens is 426 g/mol. The van der Waals surface area contributed by atoms with Crippen LogP contribution in [0.25, 0.3) is 0 Å². The van der Waals surface area contributed by atoms with E-state index in [2.05, 4.69) is 35.5 Å². The third-order valence-electron chi connectivity index (χ3n) is 7.14. The molecule has 3 saturated heterocycles. The maximum atomic E-state index is 12.3. The van der Waals surface area contributed by atoms with Crippen molar-refractivity contribution in [2.24, 2.45) is 5.41 Å². The third kappa shape index (κ3) is 8.87. The minimum atomic E-state index is -0.742. The molecule has 0 aliphatic carbocycles. The largest absolute Gasteiger partial charge is 0.465 e. The zero-order chi connectivity index (χ0) is 24.0. The summed E-state index contributed by atoms with van der Waals surface area (Å²) in [5.41, 5.74) is -0.742. The van der Waals surface area contributed by atoms with Gasteiger partial charge in [0.1, 0.15) is 19.8 Å². The highest BCUT2D eigenvalue weighted by Gasteiger charge is 2.36. The van der Waals surface area contributed by atoms with Crippen LogP contribution in [0.1, 0.15) is 53.4 Å². The first-order valence-electron chi connectivity index (χ1n) is 12.4. The van der Waals surface area contributed by atoms with Crippen molar-refractivity contribution in [3.63, 3.8) is 0 Å². The second kappa shape index (κ2) is 11.6. The molecule has 3 fully saturated rings. The number of hydrogen-bond donors (Lipinski definition) is 0. The van der Waals surface area contributed by atoms with E-state index in [1.165, 1.54) is 0 Å². The molecule has 0 N–H and O–H groups in total. The highest BCUT2D eigenvalue weighted by Crippen LogP contribution is 2.26. The molecule has 9 heteroatoms. The second-order valence-corrected chi connectivity index (χ2v) is 10.1. The molecule has 188 valence electrons. The lowest BCUT2D eigenvalue weighted by Crippen LogP contribution is -2.39. The summed E-state index contributed by atoms with van der Waals surface area (Å²) in [4.78, 5) is 43.4. The van der Waals surface area contributed by atoms with Crippen molar-refractivity contribution < 1.29 is 28.6 Å². The molecule has 0 spiro atoms. The van der Waals surface area contributed by atoms with Crippen LogP contribution in [0.4, 0.5) is 0 Å². The van der Waals surface area contributed by atoms with Crippen molar-refractivity contribution in [2.45, 2.75) is 71.5 Å². The topological polar surface area (TPSA) is 87.9 Å². The zero-order valence-electron chi connectivity index (χ0n) is 20.7. The van der Waals surface area contributed by atoms with Crippen LogP contribution < -0.4 is 0 Å². The molecule has 3 heterocycles. The number of carbonyl (C=O) groups excluding carboxylic acids is 3. The Morgan fingerprint density at radius 1 is 0.667 bits per heavy atom. The number of carbonyl (C=O) groups is 3. The van der Waals surface area contributed by atoms with Gasteiger partial charge in [-0.25, -0.2) is 0 Å². The van der Waals surface area contributed by atoms with Crippen molar-refractivity contribution in [1.29, 1.82) is 0 Å². The summed E-state index contributed by atoms with van der Waals surface area (Å²) in [6.07, 6.45) is 1.53. The zero-order valence-corrected chi connectivity index (χ0v) is 20.7. The van der Waals surface area contributed by atoms with Crippen molar-refractivity contribution in [1.82, 2.24) is 14.7 Å². The van der Waals surface area contributed by atoms with Crippen LogP contribution in [0.5, 0.6) is 0 Å². The standard InChI is InChI=1S/C24H41N3O6/c1-5-24(15-31-21(28)6-9-25-12-18(25)2,16-32-22(29)7-10-26-13-19(26)3)17-33-23(30)8-11-27-14-20(27)4/h18-20H,5-17H2,1-4H3/t18-,19-,20-,24?,25?,26?,27?/m1/s1. The molecule has 0 bridgehead atoms. The fraction of sp³-hybridized carbons (Fsp3) is 0.875. The Labute approximate surface area is 197 Å². The quantitative estimate of drug-likeness (QED) is 0.189. The van der Waals surface area contributed by atoms with Crippen LogP contribution in [0.2, 0.25) is 0 Å². The molecule has 0 aromatic rings. The van der Waals surface area contributed by atoms with E-state index in [1.54, 1.807) is 0 Å². The molecule has 0 saturated carbocycles. The van der Waals surface area contributed by atoms with Crippen LogP contribution in [-0.2, 0) is 28.6 Å². The Balaban J connectivity index is 1.46. The van der Waals surface area contributed by atoms with Crippen molar-refractivity contribution in [2.75, 3.05) is 59.1 Å². The number of hydrogen-bond acceptors (Lipinski definition) is 9. The van der Waals surface area contributed by atoms with Gasteiger partial charge >= 0.3 is 17.9 Å². The minimum Gasteiger partial charge on any atom is -0.465 e. The second-order valence-electron chi connectivity index (χ2n) is 10.1. The van der Waals surface area contributed by atoms with Gasteiger partial charge in [0.15, 0.2) is 0 Å². The lowest BCUT2D eigenvalue weighted by Gasteiger charge is -2.31. The lowest BCUT2D eigenvalue weighted by molar-refractivity contribution is -0.162. The smallest absolute Gasteiger partial charge is 0.307 e. The SMILES string of the molecule is CCC(COC(=O)CCN1C[C@H]1C)(COC(=O)CCN1C[C@H]1C)COC(=O)CCN1C[C@H]1C. The first kappa shape index (κ1) is 25.9. The van der Waals surface area contributed by atoms with E-state index in [9.17, 15) is 14.4 Å². The fourth-order valence-electron chi connectivity index (χ4n) is 3.86. The van der Waals surface area contributed by atoms with Crippen molar-refractivity contribution >= 4 is 17.9 Å². The molecule has 0 radical (unpaired) electrons. The Hall–Kier alpha value is -1.71. The summed E-state index contributed by atoms with van der Waals surface area (Å²) in [7, 11) is 0. The van der Waals surface area contributed by atoms with E-state index in [-0.39, 0.29) is 37.7 Å². The van der Waals surface area contributed by atoms with Crippen LogP contribution in [0.15, 0.2) is 0 Å². The molecule has 0 amide bonds. The highest BCUT2D eigenvalue weighted by atomic mass is 16.6. The van der Waals surface area contributed by atoms with Crippen molar-refractivity contribution in [3.05, 3.63) is 0 Å². The molecular formula is C24H41N3O6. The maximum Gasteiger partial charge on any atom is 0.307 e. The third-order valence-corrected chi connectivity index (χ3v) is 7.14. The number of esters is 3. The summed E-state index contributed by atoms with van der Waals surface area (Å²) in [6, 6.07) is 1.61. The molecule has 3 aliphatic rings. The van der Waals surface area contributed by atoms with E-state index < -0.39 is 5.41 Å². The molecule has 0 aromatic heterocycles. The maximum absolute atomic E-state index is 12.3. The summed E-state index contributed by atoms with van der Waals surface area (Å²) in [5.74, 6) is -0.845. The van der Waals surface area contributed by atoms with Gasteiger partial charge in [-0.3, -0.25) is 29.1 Å². The summed E-state index contributed by atoms with van der Waals surface area (Å²) in [5, 5.41) is 0. The molecule has 3 rings (SSSR count). The average Bonchev–Trinajstić information content (AvgIpc) is 3.74. The van der Waals surface area contributed by atoms with E-state index in [1.807, 2.05) is 6.92 Å². The monoisotopic (exact) mass is 467 g/mol. The van der Waals surface area contributed by atoms with Gasteiger partial charge in [-0.05, 0) is 27.2 Å². The van der Waals surface area contributed by atoms with Gasteiger partial charge in [0.25, 0.3) is 0 Å². The van der Waals surface area contributed by atoms with Gasteiger partial charge in [0.2, 0.25) is 0 Å². The van der Waals surface area contributed by atoms with Gasteiger partial charge in [-0.15, -0.1) is 0 Å². The molecule has 3 unspecified atom stereocenters.